The van der Waals surface area contributed by atoms with E-state index in [1.807, 2.05) is 6.92 Å². The Kier molecular flexibility index (Phi) is 4.74. The summed E-state index contributed by atoms with van der Waals surface area (Å²) < 4.78 is 5.55. The Balaban J connectivity index is 1.93. The largest absolute Gasteiger partial charge is 0.376 e. The maximum Gasteiger partial charge on any atom is 0.251 e. The zero-order valence-corrected chi connectivity index (χ0v) is 11.8. The molecule has 1 fully saturated rings. The molecule has 0 aromatic heterocycles. The molecule has 0 saturated carbocycles. The minimum atomic E-state index is -0.130. The minimum absolute atomic E-state index is 0.0000196. The van der Waals surface area contributed by atoms with Gasteiger partial charge in [-0.15, -0.1) is 0 Å². The van der Waals surface area contributed by atoms with Gasteiger partial charge in [0.1, 0.15) is 0 Å². The molecular weight excluding hydrogens is 256 g/mol. The molecule has 1 aliphatic rings. The molecule has 2 rings (SSSR count). The van der Waals surface area contributed by atoms with E-state index in [1.54, 1.807) is 24.3 Å². The highest BCUT2D eigenvalue weighted by Crippen LogP contribution is 2.16. The van der Waals surface area contributed by atoms with Crippen molar-refractivity contribution in [2.24, 2.45) is 0 Å². The fourth-order valence-corrected chi connectivity index (χ4v) is 2.29. The fraction of sp³-hybridized carbons (Fsp3) is 0.467. The monoisotopic (exact) mass is 276 g/mol. The zero-order chi connectivity index (χ0) is 14.5. The third-order valence-corrected chi connectivity index (χ3v) is 3.35. The van der Waals surface area contributed by atoms with Gasteiger partial charge in [0.25, 0.3) is 5.91 Å². The van der Waals surface area contributed by atoms with Gasteiger partial charge in [0.15, 0.2) is 0 Å². The number of nitrogens with one attached hydrogen (secondary N) is 2. The molecule has 2 atom stereocenters. The Morgan fingerprint density at radius 2 is 2.00 bits per heavy atom. The van der Waals surface area contributed by atoms with Crippen LogP contribution in [0.3, 0.4) is 0 Å². The molecule has 5 nitrogen and oxygen atoms in total. The topological polar surface area (TPSA) is 67.4 Å². The van der Waals surface area contributed by atoms with Crippen molar-refractivity contribution in [2.75, 3.05) is 11.9 Å². The van der Waals surface area contributed by atoms with Crippen LogP contribution < -0.4 is 10.6 Å². The molecule has 1 saturated heterocycles. The summed E-state index contributed by atoms with van der Waals surface area (Å²) in [4.78, 5) is 23.0. The first kappa shape index (κ1) is 14.5. The number of ether oxygens (including phenoxy) is 1. The maximum atomic E-state index is 12.1. The fourth-order valence-electron chi connectivity index (χ4n) is 2.29. The number of carbonyl (C=O) groups is 2. The van der Waals surface area contributed by atoms with E-state index in [0.717, 1.165) is 19.4 Å². The van der Waals surface area contributed by atoms with E-state index in [4.69, 9.17) is 4.74 Å². The number of carbonyl (C=O) groups excluding carboxylic acids is 2. The van der Waals surface area contributed by atoms with Crippen molar-refractivity contribution in [3.8, 4) is 0 Å². The summed E-state index contributed by atoms with van der Waals surface area (Å²) in [7, 11) is 0. The smallest absolute Gasteiger partial charge is 0.251 e. The Labute approximate surface area is 118 Å². The molecule has 5 heteroatoms. The van der Waals surface area contributed by atoms with Crippen molar-refractivity contribution in [2.45, 2.75) is 38.8 Å². The second kappa shape index (κ2) is 6.52. The maximum absolute atomic E-state index is 12.1. The van der Waals surface area contributed by atoms with Crippen LogP contribution >= 0.6 is 0 Å². The summed E-state index contributed by atoms with van der Waals surface area (Å²) in [6.45, 7) is 4.18. The van der Waals surface area contributed by atoms with Crippen LogP contribution in [0, 0.1) is 0 Å². The van der Waals surface area contributed by atoms with Crippen molar-refractivity contribution in [3.05, 3.63) is 29.8 Å². The molecule has 108 valence electrons. The van der Waals surface area contributed by atoms with E-state index >= 15 is 0 Å². The van der Waals surface area contributed by atoms with Gasteiger partial charge in [-0.2, -0.15) is 0 Å². The average molecular weight is 276 g/mol. The SMILES string of the molecule is CC(=O)Nc1ccc(C(=O)N[C@@H](C)[C@H]2CCCO2)cc1. The molecule has 1 heterocycles. The van der Waals surface area contributed by atoms with E-state index in [-0.39, 0.29) is 24.0 Å². The van der Waals surface area contributed by atoms with Crippen LogP contribution in [0.15, 0.2) is 24.3 Å². The van der Waals surface area contributed by atoms with Gasteiger partial charge in [0.05, 0.1) is 12.1 Å². The van der Waals surface area contributed by atoms with Crippen molar-refractivity contribution >= 4 is 17.5 Å². The summed E-state index contributed by atoms with van der Waals surface area (Å²) >= 11 is 0. The van der Waals surface area contributed by atoms with Crippen LogP contribution in [0.2, 0.25) is 0 Å². The quantitative estimate of drug-likeness (QED) is 0.883. The molecule has 0 unspecified atom stereocenters. The van der Waals surface area contributed by atoms with Crippen LogP contribution in [0.1, 0.15) is 37.0 Å². The van der Waals surface area contributed by atoms with Crippen LogP contribution in [-0.2, 0) is 9.53 Å². The second-order valence-corrected chi connectivity index (χ2v) is 5.07. The average Bonchev–Trinajstić information content (AvgIpc) is 2.92. The molecular formula is C15H20N2O3. The van der Waals surface area contributed by atoms with E-state index in [2.05, 4.69) is 10.6 Å². The molecule has 0 radical (unpaired) electrons. The predicted octanol–water partition coefficient (Wildman–Crippen LogP) is 1.94. The van der Waals surface area contributed by atoms with Crippen LogP contribution in [0.4, 0.5) is 5.69 Å². The van der Waals surface area contributed by atoms with Crippen molar-refractivity contribution in [1.29, 1.82) is 0 Å². The van der Waals surface area contributed by atoms with Crippen molar-refractivity contribution in [1.82, 2.24) is 5.32 Å². The highest BCUT2D eigenvalue weighted by Gasteiger charge is 2.23. The van der Waals surface area contributed by atoms with E-state index in [0.29, 0.717) is 11.3 Å². The van der Waals surface area contributed by atoms with Crippen molar-refractivity contribution < 1.29 is 14.3 Å². The minimum Gasteiger partial charge on any atom is -0.376 e. The molecule has 2 N–H and O–H groups in total. The number of hydrogen-bond acceptors (Lipinski definition) is 3. The number of amides is 2. The molecule has 0 spiro atoms. The van der Waals surface area contributed by atoms with E-state index in [1.165, 1.54) is 6.92 Å². The summed E-state index contributed by atoms with van der Waals surface area (Å²) in [5.41, 5.74) is 1.25. The van der Waals surface area contributed by atoms with Crippen molar-refractivity contribution in [3.63, 3.8) is 0 Å². The van der Waals surface area contributed by atoms with Gasteiger partial charge in [-0.05, 0) is 44.0 Å². The highest BCUT2D eigenvalue weighted by molar-refractivity contribution is 5.95. The van der Waals surface area contributed by atoms with Gasteiger partial charge in [0, 0.05) is 24.8 Å². The first-order valence-electron chi connectivity index (χ1n) is 6.86. The van der Waals surface area contributed by atoms with E-state index in [9.17, 15) is 9.59 Å². The van der Waals surface area contributed by atoms with Gasteiger partial charge in [-0.25, -0.2) is 0 Å². The first-order chi connectivity index (χ1) is 9.56. The van der Waals surface area contributed by atoms with Crippen LogP contribution in [0.5, 0.6) is 0 Å². The molecule has 1 aliphatic heterocycles. The Morgan fingerprint density at radius 1 is 1.30 bits per heavy atom. The van der Waals surface area contributed by atoms with Gasteiger partial charge < -0.3 is 15.4 Å². The summed E-state index contributed by atoms with van der Waals surface area (Å²) in [5.74, 6) is -0.253. The third-order valence-electron chi connectivity index (χ3n) is 3.35. The lowest BCUT2D eigenvalue weighted by molar-refractivity contribution is -0.114. The number of hydrogen-bond donors (Lipinski definition) is 2. The lowest BCUT2D eigenvalue weighted by Gasteiger charge is -2.20. The van der Waals surface area contributed by atoms with Gasteiger partial charge in [-0.3, -0.25) is 9.59 Å². The Morgan fingerprint density at radius 3 is 2.55 bits per heavy atom. The van der Waals surface area contributed by atoms with Gasteiger partial charge in [-0.1, -0.05) is 0 Å². The third kappa shape index (κ3) is 3.81. The first-order valence-corrected chi connectivity index (χ1v) is 6.86. The molecule has 0 bridgehead atoms. The molecule has 1 aromatic carbocycles. The number of benzene rings is 1. The highest BCUT2D eigenvalue weighted by atomic mass is 16.5. The summed E-state index contributed by atoms with van der Waals surface area (Å²) in [6.07, 6.45) is 2.15. The lowest BCUT2D eigenvalue weighted by atomic mass is 10.1. The van der Waals surface area contributed by atoms with E-state index < -0.39 is 0 Å². The Bertz CT molecular complexity index is 478. The molecule has 0 aliphatic carbocycles. The van der Waals surface area contributed by atoms with Crippen LogP contribution in [0.25, 0.3) is 0 Å². The summed E-state index contributed by atoms with van der Waals surface area (Å²) in [6, 6.07) is 6.83. The lowest BCUT2D eigenvalue weighted by Crippen LogP contribution is -2.40. The standard InChI is InChI=1S/C15H20N2O3/c1-10(14-4-3-9-20-14)16-15(19)12-5-7-13(8-6-12)17-11(2)18/h5-8,10,14H,3-4,9H2,1-2H3,(H,16,19)(H,17,18)/t10-,14+/m0/s1. The molecule has 1 aromatic rings. The molecule has 20 heavy (non-hydrogen) atoms. The predicted molar refractivity (Wildman–Crippen MR) is 76.6 cm³/mol. The second-order valence-electron chi connectivity index (χ2n) is 5.07. The van der Waals surface area contributed by atoms with Crippen LogP contribution in [-0.4, -0.2) is 30.6 Å². The van der Waals surface area contributed by atoms with Gasteiger partial charge in [0.2, 0.25) is 5.91 Å². The van der Waals surface area contributed by atoms with Gasteiger partial charge >= 0.3 is 0 Å². The zero-order valence-electron chi connectivity index (χ0n) is 11.8. The molecule has 2 amide bonds. The normalized spacial score (nSPS) is 19.4. The Hall–Kier alpha value is -1.88. The summed E-state index contributed by atoms with van der Waals surface area (Å²) in [5, 5.41) is 5.61. The number of rotatable bonds is 4. The number of anilines is 1.